The molecule has 0 fully saturated rings. The van der Waals surface area contributed by atoms with Gasteiger partial charge in [-0.05, 0) is 147 Å². The molecule has 0 saturated heterocycles. The second kappa shape index (κ2) is 18.0. The van der Waals surface area contributed by atoms with Crippen molar-refractivity contribution in [2.24, 2.45) is 0 Å². The molecular formula is C60H57N. The van der Waals surface area contributed by atoms with Crippen molar-refractivity contribution in [3.8, 4) is 33.4 Å². The first-order valence-electron chi connectivity index (χ1n) is 22.3. The van der Waals surface area contributed by atoms with E-state index in [9.17, 15) is 0 Å². The molecule has 1 aromatic heterocycles. The molecule has 302 valence electrons. The molecule has 4 aliphatic carbocycles. The number of nitrogens with zero attached hydrogens (tertiary/aromatic N) is 1. The monoisotopic (exact) mass is 791 g/mol. The van der Waals surface area contributed by atoms with E-state index in [1.165, 1.54) is 83.5 Å². The Morgan fingerprint density at radius 3 is 2.26 bits per heavy atom. The van der Waals surface area contributed by atoms with E-state index in [2.05, 4.69) is 209 Å². The van der Waals surface area contributed by atoms with Gasteiger partial charge in [0.2, 0.25) is 0 Å². The van der Waals surface area contributed by atoms with Crippen molar-refractivity contribution >= 4 is 5.57 Å². The Morgan fingerprint density at radius 2 is 1.49 bits per heavy atom. The average molecular weight is 792 g/mol. The molecule has 0 N–H and O–H groups in total. The molecule has 0 aliphatic heterocycles. The molecule has 1 heteroatoms. The molecular weight excluding hydrogens is 735 g/mol. The lowest BCUT2D eigenvalue weighted by atomic mass is 9.64. The third-order valence-electron chi connectivity index (χ3n) is 12.7. The van der Waals surface area contributed by atoms with Gasteiger partial charge in [-0.2, -0.15) is 0 Å². The van der Waals surface area contributed by atoms with Gasteiger partial charge < -0.3 is 0 Å². The standard InChI is InChI=1S/C58H51N.C2H6/c1-5-9-26-44(7-3)57(45-27-15-12-16-28-45)51(8-4)48(23-6-2)49-37-36-42(40-54(49)57)41-24-21-25-43(39-41)47-32-22-34-53-56(47)50-31-17-18-33-52(50)58(53,55-35-19-20-38-59-55)46-29-13-10-11-14-30-46;1-2/h6-11,13,15,17-40H,4-5,12,14,16H2,1-3H3;1-2H3/b23-6-,26-9-,44-7+;. The summed E-state index contributed by atoms with van der Waals surface area (Å²) in [5.74, 6) is 0. The number of hydrogen-bond donors (Lipinski definition) is 0. The first kappa shape index (κ1) is 41.2. The van der Waals surface area contributed by atoms with Crippen LogP contribution < -0.4 is 0 Å². The lowest BCUT2D eigenvalue weighted by molar-refractivity contribution is 0.730. The summed E-state index contributed by atoms with van der Waals surface area (Å²) < 4.78 is 0. The summed E-state index contributed by atoms with van der Waals surface area (Å²) in [4.78, 5) is 5.10. The van der Waals surface area contributed by atoms with Crippen LogP contribution in [0.1, 0.15) is 88.2 Å². The van der Waals surface area contributed by atoms with E-state index in [1.807, 2.05) is 26.1 Å². The maximum Gasteiger partial charge on any atom is 0.0883 e. The Labute approximate surface area is 364 Å². The number of pyridine rings is 1. The fraction of sp³-hybridized carbons (Fsp3) is 0.183. The highest BCUT2D eigenvalue weighted by Crippen LogP contribution is 2.60. The number of allylic oxidation sites excluding steroid dienone is 19. The predicted octanol–water partition coefficient (Wildman–Crippen LogP) is 16.2. The van der Waals surface area contributed by atoms with E-state index in [-0.39, 0.29) is 0 Å². The second-order valence-corrected chi connectivity index (χ2v) is 15.7. The highest BCUT2D eigenvalue weighted by molar-refractivity contribution is 5.97. The van der Waals surface area contributed by atoms with Gasteiger partial charge in [-0.3, -0.25) is 4.98 Å². The van der Waals surface area contributed by atoms with Gasteiger partial charge in [-0.15, -0.1) is 0 Å². The Hall–Kier alpha value is -6.57. The summed E-state index contributed by atoms with van der Waals surface area (Å²) in [6, 6.07) is 38.5. The summed E-state index contributed by atoms with van der Waals surface area (Å²) in [7, 11) is 0. The van der Waals surface area contributed by atoms with Crippen molar-refractivity contribution in [2.75, 3.05) is 0 Å². The van der Waals surface area contributed by atoms with E-state index in [0.29, 0.717) is 0 Å². The minimum atomic E-state index is -0.549. The van der Waals surface area contributed by atoms with Crippen LogP contribution in [0.2, 0.25) is 0 Å². The summed E-state index contributed by atoms with van der Waals surface area (Å²) in [5, 5.41) is 0. The van der Waals surface area contributed by atoms with Crippen LogP contribution in [0.25, 0.3) is 39.0 Å². The van der Waals surface area contributed by atoms with Crippen molar-refractivity contribution in [1.29, 1.82) is 0 Å². The lowest BCUT2D eigenvalue weighted by Crippen LogP contribution is -2.31. The van der Waals surface area contributed by atoms with Crippen molar-refractivity contribution in [1.82, 2.24) is 4.98 Å². The molecule has 1 nitrogen and oxygen atoms in total. The topological polar surface area (TPSA) is 12.9 Å². The first-order chi connectivity index (χ1) is 30.1. The van der Waals surface area contributed by atoms with E-state index >= 15 is 0 Å². The number of hydrogen-bond acceptors (Lipinski definition) is 1. The average Bonchev–Trinajstić information content (AvgIpc) is 3.60. The molecule has 0 radical (unpaired) electrons. The van der Waals surface area contributed by atoms with Crippen LogP contribution >= 0.6 is 0 Å². The van der Waals surface area contributed by atoms with Gasteiger partial charge in [-0.25, -0.2) is 0 Å². The summed E-state index contributed by atoms with van der Waals surface area (Å²) in [5.41, 5.74) is 18.8. The fourth-order valence-corrected chi connectivity index (χ4v) is 10.3. The van der Waals surface area contributed by atoms with Crippen LogP contribution in [0.4, 0.5) is 0 Å². The van der Waals surface area contributed by atoms with Crippen LogP contribution in [0, 0.1) is 0 Å². The van der Waals surface area contributed by atoms with Gasteiger partial charge >= 0.3 is 0 Å². The van der Waals surface area contributed by atoms with Gasteiger partial charge in [0, 0.05) is 6.20 Å². The molecule has 2 unspecified atom stereocenters. The maximum absolute atomic E-state index is 5.10. The van der Waals surface area contributed by atoms with Crippen molar-refractivity contribution in [3.63, 3.8) is 0 Å². The molecule has 2 atom stereocenters. The highest BCUT2D eigenvalue weighted by Gasteiger charge is 2.49. The highest BCUT2D eigenvalue weighted by atomic mass is 14.7. The molecule has 9 rings (SSSR count). The number of rotatable bonds is 10. The normalized spacial score (nSPS) is 20.2. The minimum absolute atomic E-state index is 0.480. The number of benzene rings is 4. The molecule has 61 heavy (non-hydrogen) atoms. The SMILES string of the molecule is C=CC1=C(/C=C\C)c2ccc(-c3cccc(-c4cccc5c4-c4ccccc4C5(C4=CCC=CC=C4)c4ccccn4)c3)cc2C1(C1=CCCC=C1)C(/C=C\CC)=C/C.CC. The van der Waals surface area contributed by atoms with Crippen LogP contribution in [0.15, 0.2) is 223 Å². The predicted molar refractivity (Wildman–Crippen MR) is 262 cm³/mol. The smallest absolute Gasteiger partial charge is 0.0883 e. The molecule has 0 spiro atoms. The minimum Gasteiger partial charge on any atom is -0.260 e. The molecule has 4 aliphatic rings. The van der Waals surface area contributed by atoms with Gasteiger partial charge in [0.25, 0.3) is 0 Å². The molecule has 4 aromatic carbocycles. The van der Waals surface area contributed by atoms with E-state index in [4.69, 9.17) is 4.98 Å². The Bertz CT molecular complexity index is 2750. The number of aromatic nitrogens is 1. The Morgan fingerprint density at radius 1 is 0.705 bits per heavy atom. The van der Waals surface area contributed by atoms with Crippen LogP contribution in [0.5, 0.6) is 0 Å². The third kappa shape index (κ3) is 6.68. The van der Waals surface area contributed by atoms with Crippen LogP contribution in [-0.4, -0.2) is 4.98 Å². The second-order valence-electron chi connectivity index (χ2n) is 15.7. The van der Waals surface area contributed by atoms with Crippen molar-refractivity contribution < 1.29 is 0 Å². The van der Waals surface area contributed by atoms with Gasteiger partial charge in [0.1, 0.15) is 0 Å². The largest absolute Gasteiger partial charge is 0.260 e. The number of fused-ring (bicyclic) bond motifs is 4. The zero-order valence-corrected chi connectivity index (χ0v) is 36.5. The van der Waals surface area contributed by atoms with E-state index in [0.717, 1.165) is 31.4 Å². The Balaban J connectivity index is 0.00000253. The first-order valence-corrected chi connectivity index (χ1v) is 22.3. The summed E-state index contributed by atoms with van der Waals surface area (Å²) in [6.07, 6.45) is 37.8. The summed E-state index contributed by atoms with van der Waals surface area (Å²) >= 11 is 0. The van der Waals surface area contributed by atoms with E-state index in [1.54, 1.807) is 0 Å². The quantitative estimate of drug-likeness (QED) is 0.128. The van der Waals surface area contributed by atoms with Crippen LogP contribution in [-0.2, 0) is 10.8 Å². The zero-order chi connectivity index (χ0) is 42.4. The zero-order valence-electron chi connectivity index (χ0n) is 36.5. The molecule has 0 saturated carbocycles. The van der Waals surface area contributed by atoms with Crippen LogP contribution in [0.3, 0.4) is 0 Å². The maximum atomic E-state index is 5.10. The molecule has 1 heterocycles. The molecule has 0 amide bonds. The fourth-order valence-electron chi connectivity index (χ4n) is 10.3. The van der Waals surface area contributed by atoms with Gasteiger partial charge in [-0.1, -0.05) is 191 Å². The van der Waals surface area contributed by atoms with Crippen molar-refractivity contribution in [2.45, 2.75) is 71.1 Å². The molecule has 0 bridgehead atoms. The molecule has 5 aromatic rings. The Kier molecular flexibility index (Phi) is 12.1. The van der Waals surface area contributed by atoms with Gasteiger partial charge in [0.05, 0.1) is 16.5 Å². The lowest BCUT2D eigenvalue weighted by Gasteiger charge is -2.37. The summed E-state index contributed by atoms with van der Waals surface area (Å²) in [6.45, 7) is 15.0. The third-order valence-corrected chi connectivity index (χ3v) is 12.7. The van der Waals surface area contributed by atoms with Crippen molar-refractivity contribution in [3.05, 3.63) is 251 Å². The van der Waals surface area contributed by atoms with E-state index < -0.39 is 10.8 Å². The van der Waals surface area contributed by atoms with Gasteiger partial charge in [0.15, 0.2) is 0 Å².